The van der Waals surface area contributed by atoms with Crippen LogP contribution < -0.4 is 0 Å². The monoisotopic (exact) mass is 488 g/mol. The van der Waals surface area contributed by atoms with Crippen LogP contribution in [0, 0.1) is 37.0 Å². The quantitative estimate of drug-likeness (QED) is 0.394. The molecule has 3 aliphatic carbocycles. The Balaban J connectivity index is 1.78. The van der Waals surface area contributed by atoms with Gasteiger partial charge in [0.1, 0.15) is 0 Å². The van der Waals surface area contributed by atoms with E-state index in [1.54, 1.807) is 0 Å². The molecule has 0 N–H and O–H groups in total. The van der Waals surface area contributed by atoms with Crippen LogP contribution in [0.2, 0.25) is 0 Å². The number of rotatable bonds is 2. The minimum atomic E-state index is -0.116. The van der Waals surface area contributed by atoms with Crippen LogP contribution in [-0.2, 0) is 6.42 Å². The van der Waals surface area contributed by atoms with E-state index in [1.807, 2.05) is 0 Å². The molecule has 0 saturated heterocycles. The van der Waals surface area contributed by atoms with Gasteiger partial charge >= 0.3 is 0 Å². The van der Waals surface area contributed by atoms with E-state index in [1.165, 1.54) is 72.4 Å². The van der Waals surface area contributed by atoms with Gasteiger partial charge in [0.05, 0.1) is 0 Å². The van der Waals surface area contributed by atoms with E-state index < -0.39 is 0 Å². The predicted molar refractivity (Wildman–Crippen MR) is 162 cm³/mol. The van der Waals surface area contributed by atoms with Crippen molar-refractivity contribution in [1.29, 1.82) is 0 Å². The fourth-order valence-corrected chi connectivity index (χ4v) is 8.94. The minimum Gasteiger partial charge on any atom is -0.0955 e. The van der Waals surface area contributed by atoms with Crippen LogP contribution in [0.25, 0.3) is 16.7 Å². The molecule has 0 fully saturated rings. The standard InChI is InChI=1S/C37H44/c1-21(2)32-25(6)18-36(11)20-35(10)19-31-30(29-16-22(3)15-23(4)17-29)14-13-24(5)33(31)26(7)34(35)28(9)37(36,12)27(32)8/h13-17H,1,7-8,18-20H2,2-6,9-12H3/t35-,36+,37-/m1/s1. The third-order valence-corrected chi connectivity index (χ3v) is 10.4. The topological polar surface area (TPSA) is 0 Å². The van der Waals surface area contributed by atoms with Gasteiger partial charge in [-0.3, -0.25) is 0 Å². The summed E-state index contributed by atoms with van der Waals surface area (Å²) in [6, 6.07) is 11.6. The summed E-state index contributed by atoms with van der Waals surface area (Å²) in [5.74, 6) is 0. The summed E-state index contributed by atoms with van der Waals surface area (Å²) >= 11 is 0. The van der Waals surface area contributed by atoms with Gasteiger partial charge in [0.25, 0.3) is 0 Å². The second kappa shape index (κ2) is 8.07. The zero-order valence-electron chi connectivity index (χ0n) is 24.6. The minimum absolute atomic E-state index is 0.0329. The van der Waals surface area contributed by atoms with Crippen LogP contribution in [0.3, 0.4) is 0 Å². The average molecular weight is 489 g/mol. The fraction of sp³-hybridized carbons (Fsp3) is 0.405. The van der Waals surface area contributed by atoms with Crippen molar-refractivity contribution in [2.75, 3.05) is 0 Å². The number of aryl methyl sites for hydroxylation is 3. The van der Waals surface area contributed by atoms with Gasteiger partial charge in [0.15, 0.2) is 0 Å². The normalized spacial score (nSPS) is 29.2. The summed E-state index contributed by atoms with van der Waals surface area (Å²) in [6.07, 6.45) is 3.26. The van der Waals surface area contributed by atoms with Crippen molar-refractivity contribution in [2.45, 2.75) is 81.6 Å². The summed E-state index contributed by atoms with van der Waals surface area (Å²) in [6.45, 7) is 34.9. The van der Waals surface area contributed by atoms with E-state index in [0.29, 0.717) is 0 Å². The summed E-state index contributed by atoms with van der Waals surface area (Å²) in [5, 5.41) is 0. The molecule has 0 spiro atoms. The molecule has 0 aliphatic heterocycles. The van der Waals surface area contributed by atoms with E-state index in [9.17, 15) is 0 Å². The van der Waals surface area contributed by atoms with Crippen LogP contribution in [0.15, 0.2) is 83.5 Å². The number of benzene rings is 2. The van der Waals surface area contributed by atoms with Crippen molar-refractivity contribution in [3.63, 3.8) is 0 Å². The molecule has 0 radical (unpaired) electrons. The van der Waals surface area contributed by atoms with Crippen molar-refractivity contribution >= 4 is 5.57 Å². The van der Waals surface area contributed by atoms with Gasteiger partial charge in [-0.15, -0.1) is 0 Å². The maximum Gasteiger partial charge on any atom is 0.0194 e. The molecule has 0 heteroatoms. The van der Waals surface area contributed by atoms with E-state index in [2.05, 4.69) is 99.2 Å². The van der Waals surface area contributed by atoms with Crippen LogP contribution in [0.5, 0.6) is 0 Å². The van der Waals surface area contributed by atoms with Gasteiger partial charge < -0.3 is 0 Å². The first-order chi connectivity index (χ1) is 17.1. The highest BCUT2D eigenvalue weighted by Gasteiger charge is 2.59. The highest BCUT2D eigenvalue weighted by Crippen LogP contribution is 2.70. The summed E-state index contributed by atoms with van der Waals surface area (Å²) in [5.41, 5.74) is 18.8. The Morgan fingerprint density at radius 2 is 1.49 bits per heavy atom. The smallest absolute Gasteiger partial charge is 0.0194 e. The number of hydrogen-bond donors (Lipinski definition) is 0. The molecule has 2 aromatic carbocycles. The van der Waals surface area contributed by atoms with Gasteiger partial charge in [-0.25, -0.2) is 0 Å². The lowest BCUT2D eigenvalue weighted by atomic mass is 9.41. The SMILES string of the molecule is C=C(C)C1=C(C)C[C@@]2(C)C[C@@]3(C)Cc4c(-c5cc(C)cc(C)c5)ccc(C)c4C(=C)C3=C(C)[C@@]2(C)C1=C. The highest BCUT2D eigenvalue weighted by molar-refractivity contribution is 5.90. The van der Waals surface area contributed by atoms with Crippen molar-refractivity contribution in [3.8, 4) is 11.1 Å². The maximum atomic E-state index is 4.83. The van der Waals surface area contributed by atoms with Gasteiger partial charge in [-0.2, -0.15) is 0 Å². The second-order valence-electron chi connectivity index (χ2n) is 13.3. The molecule has 3 atom stereocenters. The van der Waals surface area contributed by atoms with Crippen molar-refractivity contribution in [3.05, 3.63) is 111 Å². The zero-order chi connectivity index (χ0) is 27.2. The molecule has 3 aliphatic rings. The first-order valence-corrected chi connectivity index (χ1v) is 13.8. The lowest BCUT2D eigenvalue weighted by Gasteiger charge is -2.62. The third-order valence-electron chi connectivity index (χ3n) is 10.4. The van der Waals surface area contributed by atoms with E-state index in [-0.39, 0.29) is 16.2 Å². The molecule has 0 bridgehead atoms. The third kappa shape index (κ3) is 3.41. The second-order valence-corrected chi connectivity index (χ2v) is 13.3. The Labute approximate surface area is 225 Å². The highest BCUT2D eigenvalue weighted by atomic mass is 14.6. The van der Waals surface area contributed by atoms with E-state index in [4.69, 9.17) is 13.2 Å². The van der Waals surface area contributed by atoms with Gasteiger partial charge in [-0.1, -0.05) is 98.7 Å². The Kier molecular flexibility index (Phi) is 5.62. The molecular weight excluding hydrogens is 444 g/mol. The van der Waals surface area contributed by atoms with Crippen LogP contribution >= 0.6 is 0 Å². The summed E-state index contributed by atoms with van der Waals surface area (Å²) in [4.78, 5) is 0. The van der Waals surface area contributed by atoms with Crippen LogP contribution in [-0.4, -0.2) is 0 Å². The number of hydrogen-bond acceptors (Lipinski definition) is 0. The molecule has 0 heterocycles. The van der Waals surface area contributed by atoms with Crippen molar-refractivity contribution in [2.24, 2.45) is 16.2 Å². The molecule has 0 nitrogen and oxygen atoms in total. The Morgan fingerprint density at radius 3 is 2.08 bits per heavy atom. The maximum absolute atomic E-state index is 4.83. The number of allylic oxidation sites excluding steroid dienone is 7. The number of fused-ring (bicyclic) bond motifs is 3. The Hall–Kier alpha value is -2.86. The average Bonchev–Trinajstić information content (AvgIpc) is 2.75. The first kappa shape index (κ1) is 25.8. The van der Waals surface area contributed by atoms with Gasteiger partial charge in [0.2, 0.25) is 0 Å². The van der Waals surface area contributed by atoms with Crippen LogP contribution in [0.1, 0.15) is 82.2 Å². The van der Waals surface area contributed by atoms with Crippen molar-refractivity contribution in [1.82, 2.24) is 0 Å². The fourth-order valence-electron chi connectivity index (χ4n) is 8.94. The molecule has 5 rings (SSSR count). The molecule has 37 heavy (non-hydrogen) atoms. The molecule has 0 unspecified atom stereocenters. The molecular formula is C37H44. The molecule has 192 valence electrons. The van der Waals surface area contributed by atoms with E-state index >= 15 is 0 Å². The van der Waals surface area contributed by atoms with E-state index in [0.717, 1.165) is 24.8 Å². The van der Waals surface area contributed by atoms with Gasteiger partial charge in [-0.05, 0) is 122 Å². The molecule has 0 amide bonds. The zero-order valence-corrected chi connectivity index (χ0v) is 24.6. The summed E-state index contributed by atoms with van der Waals surface area (Å²) < 4.78 is 0. The molecule has 0 saturated carbocycles. The predicted octanol–water partition coefficient (Wildman–Crippen LogP) is 10.4. The van der Waals surface area contributed by atoms with Gasteiger partial charge in [0, 0.05) is 5.41 Å². The Bertz CT molecular complexity index is 1460. The largest absolute Gasteiger partial charge is 0.0955 e. The Morgan fingerprint density at radius 1 is 0.865 bits per heavy atom. The van der Waals surface area contributed by atoms with Crippen molar-refractivity contribution < 1.29 is 0 Å². The molecule has 2 aromatic rings. The lowest BCUT2D eigenvalue weighted by molar-refractivity contribution is 0.0544. The first-order valence-electron chi connectivity index (χ1n) is 13.8. The summed E-state index contributed by atoms with van der Waals surface area (Å²) in [7, 11) is 0. The van der Waals surface area contributed by atoms with Crippen LogP contribution in [0.4, 0.5) is 0 Å². The molecule has 0 aromatic heterocycles. The lowest BCUT2D eigenvalue weighted by Crippen LogP contribution is -2.52.